The van der Waals surface area contributed by atoms with Gasteiger partial charge in [0.2, 0.25) is 0 Å². The molecule has 74 valence electrons. The van der Waals surface area contributed by atoms with E-state index in [-0.39, 0.29) is 5.56 Å². The van der Waals surface area contributed by atoms with E-state index in [1.807, 2.05) is 5.43 Å². The lowest BCUT2D eigenvalue weighted by Gasteiger charge is -1.98. The molecule has 0 spiro atoms. The monoisotopic (exact) mass is 197 g/mol. The van der Waals surface area contributed by atoms with Gasteiger partial charge in [-0.05, 0) is 12.1 Å². The van der Waals surface area contributed by atoms with Gasteiger partial charge >= 0.3 is 6.03 Å². The van der Waals surface area contributed by atoms with Gasteiger partial charge in [-0.1, -0.05) is 6.07 Å². The molecule has 0 aromatic heterocycles. The molecule has 2 amide bonds. The van der Waals surface area contributed by atoms with Crippen molar-refractivity contribution in [1.82, 2.24) is 5.43 Å². The largest absolute Gasteiger partial charge is 0.504 e. The van der Waals surface area contributed by atoms with Gasteiger partial charge in [0.15, 0.2) is 11.6 Å². The molecule has 0 radical (unpaired) electrons. The van der Waals surface area contributed by atoms with E-state index in [9.17, 15) is 9.18 Å². The molecule has 0 saturated heterocycles. The van der Waals surface area contributed by atoms with Gasteiger partial charge in [-0.2, -0.15) is 5.10 Å². The number of nitrogens with one attached hydrogen (secondary N) is 1. The van der Waals surface area contributed by atoms with Crippen LogP contribution in [0.3, 0.4) is 0 Å². The second kappa shape index (κ2) is 4.22. The maximum atomic E-state index is 12.7. The SMILES string of the molecule is NC(=O)NN=Cc1cccc(F)c1O. The third-order valence-electron chi connectivity index (χ3n) is 1.40. The van der Waals surface area contributed by atoms with Crippen molar-refractivity contribution in [1.29, 1.82) is 0 Å². The summed E-state index contributed by atoms with van der Waals surface area (Å²) in [6, 6.07) is 3.11. The van der Waals surface area contributed by atoms with Crippen LogP contribution < -0.4 is 11.2 Å². The van der Waals surface area contributed by atoms with Crippen LogP contribution in [-0.4, -0.2) is 17.4 Å². The number of benzene rings is 1. The number of urea groups is 1. The van der Waals surface area contributed by atoms with Crippen molar-refractivity contribution in [3.05, 3.63) is 29.6 Å². The molecule has 6 heteroatoms. The Hall–Kier alpha value is -2.11. The van der Waals surface area contributed by atoms with Crippen LogP contribution in [0.5, 0.6) is 5.75 Å². The van der Waals surface area contributed by atoms with Crippen molar-refractivity contribution in [2.75, 3.05) is 0 Å². The summed E-state index contributed by atoms with van der Waals surface area (Å²) in [4.78, 5) is 10.2. The van der Waals surface area contributed by atoms with Crippen molar-refractivity contribution >= 4 is 12.2 Å². The molecule has 0 fully saturated rings. The first-order chi connectivity index (χ1) is 6.61. The average Bonchev–Trinajstić information content (AvgIpc) is 2.12. The minimum absolute atomic E-state index is 0.152. The van der Waals surface area contributed by atoms with Crippen LogP contribution in [0.2, 0.25) is 0 Å². The van der Waals surface area contributed by atoms with E-state index in [1.165, 1.54) is 12.1 Å². The van der Waals surface area contributed by atoms with Gasteiger partial charge in [0.05, 0.1) is 6.21 Å². The number of phenols is 1. The Morgan fingerprint density at radius 2 is 2.36 bits per heavy atom. The number of hydrazone groups is 1. The maximum absolute atomic E-state index is 12.7. The Balaban J connectivity index is 2.81. The highest BCUT2D eigenvalue weighted by Crippen LogP contribution is 2.18. The average molecular weight is 197 g/mol. The number of nitrogens with two attached hydrogens (primary N) is 1. The summed E-state index contributed by atoms with van der Waals surface area (Å²) in [5, 5.41) is 12.5. The van der Waals surface area contributed by atoms with Gasteiger partial charge in [-0.15, -0.1) is 0 Å². The van der Waals surface area contributed by atoms with Gasteiger partial charge in [0.1, 0.15) is 0 Å². The van der Waals surface area contributed by atoms with Gasteiger partial charge in [-0.3, -0.25) is 0 Å². The van der Waals surface area contributed by atoms with Crippen LogP contribution in [0.25, 0.3) is 0 Å². The highest BCUT2D eigenvalue weighted by atomic mass is 19.1. The number of halogens is 1. The lowest BCUT2D eigenvalue weighted by molar-refractivity contribution is 0.249. The normalized spacial score (nSPS) is 10.4. The van der Waals surface area contributed by atoms with Gasteiger partial charge in [0, 0.05) is 5.56 Å². The van der Waals surface area contributed by atoms with Crippen molar-refractivity contribution in [3.8, 4) is 5.75 Å². The lowest BCUT2D eigenvalue weighted by atomic mass is 10.2. The molecule has 0 aliphatic heterocycles. The van der Waals surface area contributed by atoms with Crippen LogP contribution in [0, 0.1) is 5.82 Å². The standard InChI is InChI=1S/C8H8FN3O2/c9-6-3-1-2-5(7(6)13)4-11-12-8(10)14/h1-4,13H,(H3,10,12,14). The van der Waals surface area contributed by atoms with Crippen LogP contribution in [0.1, 0.15) is 5.56 Å². The molecule has 1 rings (SSSR count). The number of aromatic hydroxyl groups is 1. The van der Waals surface area contributed by atoms with E-state index < -0.39 is 17.6 Å². The molecule has 0 heterocycles. The molecule has 0 atom stereocenters. The van der Waals surface area contributed by atoms with Gasteiger partial charge < -0.3 is 10.8 Å². The third kappa shape index (κ3) is 2.44. The maximum Gasteiger partial charge on any atom is 0.332 e. The van der Waals surface area contributed by atoms with Crippen LogP contribution in [-0.2, 0) is 0 Å². The minimum Gasteiger partial charge on any atom is -0.504 e. The third-order valence-corrected chi connectivity index (χ3v) is 1.40. The second-order valence-corrected chi connectivity index (χ2v) is 2.41. The zero-order valence-electron chi connectivity index (χ0n) is 7.07. The number of hydrogen-bond acceptors (Lipinski definition) is 3. The summed E-state index contributed by atoms with van der Waals surface area (Å²) in [5.41, 5.74) is 6.79. The first-order valence-corrected chi connectivity index (χ1v) is 3.67. The lowest BCUT2D eigenvalue weighted by Crippen LogP contribution is -2.24. The Labute approximate surface area is 79.0 Å². The summed E-state index contributed by atoms with van der Waals surface area (Å²) in [6.07, 6.45) is 1.09. The first kappa shape index (κ1) is 9.97. The van der Waals surface area contributed by atoms with Crippen LogP contribution >= 0.6 is 0 Å². The predicted molar refractivity (Wildman–Crippen MR) is 48.4 cm³/mol. The summed E-state index contributed by atoms with van der Waals surface area (Å²) >= 11 is 0. The van der Waals surface area contributed by atoms with Crippen molar-refractivity contribution in [2.45, 2.75) is 0 Å². The Bertz CT molecular complexity index is 379. The highest BCUT2D eigenvalue weighted by Gasteiger charge is 2.03. The Morgan fingerprint density at radius 3 is 3.00 bits per heavy atom. The smallest absolute Gasteiger partial charge is 0.332 e. The summed E-state index contributed by atoms with van der Waals surface area (Å²) in [5.74, 6) is -1.28. The van der Waals surface area contributed by atoms with Crippen molar-refractivity contribution < 1.29 is 14.3 Å². The molecule has 5 nitrogen and oxygen atoms in total. The molecule has 14 heavy (non-hydrogen) atoms. The van der Waals surface area contributed by atoms with E-state index in [0.29, 0.717) is 0 Å². The molecule has 0 aliphatic carbocycles. The number of carbonyl (C=O) groups is 1. The zero-order valence-corrected chi connectivity index (χ0v) is 7.07. The minimum atomic E-state index is -0.836. The van der Waals surface area contributed by atoms with Crippen molar-refractivity contribution in [2.24, 2.45) is 10.8 Å². The number of primary amides is 1. The molecule has 1 aromatic rings. The molecular weight excluding hydrogens is 189 g/mol. The Morgan fingerprint density at radius 1 is 1.64 bits per heavy atom. The zero-order chi connectivity index (χ0) is 10.6. The van der Waals surface area contributed by atoms with E-state index in [2.05, 4.69) is 5.10 Å². The molecule has 0 bridgehead atoms. The summed E-state index contributed by atoms with van der Waals surface area (Å²) in [7, 11) is 0. The van der Waals surface area contributed by atoms with E-state index in [0.717, 1.165) is 12.3 Å². The fraction of sp³-hybridized carbons (Fsp3) is 0. The number of hydrogen-bond donors (Lipinski definition) is 3. The number of nitrogens with zero attached hydrogens (tertiary/aromatic N) is 1. The quantitative estimate of drug-likeness (QED) is 0.477. The molecule has 1 aromatic carbocycles. The summed E-state index contributed by atoms with van der Waals surface area (Å²) in [6.45, 7) is 0. The summed E-state index contributed by atoms with van der Waals surface area (Å²) < 4.78 is 12.7. The fourth-order valence-electron chi connectivity index (χ4n) is 0.802. The molecular formula is C8H8FN3O2. The molecule has 0 unspecified atom stereocenters. The number of para-hydroxylation sites is 1. The van der Waals surface area contributed by atoms with Gasteiger partial charge in [-0.25, -0.2) is 14.6 Å². The fourth-order valence-corrected chi connectivity index (χ4v) is 0.802. The van der Waals surface area contributed by atoms with E-state index >= 15 is 0 Å². The van der Waals surface area contributed by atoms with E-state index in [4.69, 9.17) is 10.8 Å². The Kier molecular flexibility index (Phi) is 3.01. The number of phenolic OH excluding ortho intramolecular Hbond substituents is 1. The first-order valence-electron chi connectivity index (χ1n) is 3.67. The molecule has 0 aliphatic rings. The second-order valence-electron chi connectivity index (χ2n) is 2.41. The molecule has 0 saturated carbocycles. The number of rotatable bonds is 2. The molecule has 4 N–H and O–H groups in total. The topological polar surface area (TPSA) is 87.7 Å². The van der Waals surface area contributed by atoms with Gasteiger partial charge in [0.25, 0.3) is 0 Å². The number of amides is 2. The number of carbonyl (C=O) groups excluding carboxylic acids is 1. The van der Waals surface area contributed by atoms with Crippen molar-refractivity contribution in [3.63, 3.8) is 0 Å². The van der Waals surface area contributed by atoms with Crippen LogP contribution in [0.15, 0.2) is 23.3 Å². The highest BCUT2D eigenvalue weighted by molar-refractivity contribution is 5.84. The van der Waals surface area contributed by atoms with Crippen LogP contribution in [0.4, 0.5) is 9.18 Å². The van der Waals surface area contributed by atoms with E-state index in [1.54, 1.807) is 0 Å². The predicted octanol–water partition coefficient (Wildman–Crippen LogP) is 0.533.